The smallest absolute Gasteiger partial charge is 0.0110 e. The van der Waals surface area contributed by atoms with E-state index in [1.165, 1.54) is 71.4 Å². The predicted molar refractivity (Wildman–Crippen MR) is 76.5 cm³/mol. The van der Waals surface area contributed by atoms with Gasteiger partial charge in [-0.25, -0.2) is 0 Å². The molecule has 1 heterocycles. The molecule has 0 spiro atoms. The molecule has 0 atom stereocenters. The number of hydrogen-bond acceptors (Lipinski definition) is 2. The second kappa shape index (κ2) is 8.93. The van der Waals surface area contributed by atoms with E-state index in [-0.39, 0.29) is 0 Å². The molecule has 0 saturated carbocycles. The van der Waals surface area contributed by atoms with Crippen LogP contribution in [0.2, 0.25) is 0 Å². The Bertz CT molecular complexity index is 172. The molecule has 1 fully saturated rings. The summed E-state index contributed by atoms with van der Waals surface area (Å²) in [6.45, 7) is 14.8. The summed E-state index contributed by atoms with van der Waals surface area (Å²) >= 11 is 0. The van der Waals surface area contributed by atoms with Crippen LogP contribution in [0.4, 0.5) is 0 Å². The van der Waals surface area contributed by atoms with Crippen molar-refractivity contribution in [3.63, 3.8) is 0 Å². The third kappa shape index (κ3) is 7.05. The summed E-state index contributed by atoms with van der Waals surface area (Å²) < 4.78 is 0. The molecule has 1 saturated heterocycles. The molecule has 1 rings (SSSR count). The first-order valence-electron chi connectivity index (χ1n) is 7.67. The summed E-state index contributed by atoms with van der Waals surface area (Å²) in [5.41, 5.74) is 0. The van der Waals surface area contributed by atoms with Crippen LogP contribution in [0.25, 0.3) is 0 Å². The lowest BCUT2D eigenvalue weighted by molar-refractivity contribution is 0.129. The second-order valence-corrected chi connectivity index (χ2v) is 5.93. The summed E-state index contributed by atoms with van der Waals surface area (Å²) in [6, 6.07) is 0. The molecule has 1 aliphatic heterocycles. The second-order valence-electron chi connectivity index (χ2n) is 5.93. The highest BCUT2D eigenvalue weighted by molar-refractivity contribution is 4.71. The Morgan fingerprint density at radius 1 is 0.824 bits per heavy atom. The molecular weight excluding hydrogens is 208 g/mol. The van der Waals surface area contributed by atoms with Gasteiger partial charge in [-0.3, -0.25) is 0 Å². The van der Waals surface area contributed by atoms with Crippen molar-refractivity contribution in [1.29, 1.82) is 0 Å². The van der Waals surface area contributed by atoms with Gasteiger partial charge in [0, 0.05) is 26.2 Å². The molecule has 2 heteroatoms. The van der Waals surface area contributed by atoms with Gasteiger partial charge in [-0.1, -0.05) is 40.0 Å². The highest BCUT2D eigenvalue weighted by atomic mass is 15.3. The summed E-state index contributed by atoms with van der Waals surface area (Å²) in [6.07, 6.45) is 6.90. The summed E-state index contributed by atoms with van der Waals surface area (Å²) in [4.78, 5) is 5.29. The maximum atomic E-state index is 2.66. The molecule has 0 aromatic rings. The van der Waals surface area contributed by atoms with Crippen molar-refractivity contribution >= 4 is 0 Å². The Hall–Kier alpha value is -0.0800. The molecule has 2 nitrogen and oxygen atoms in total. The van der Waals surface area contributed by atoms with Crippen LogP contribution in [-0.2, 0) is 0 Å². The summed E-state index contributed by atoms with van der Waals surface area (Å²) in [5, 5.41) is 0. The zero-order valence-corrected chi connectivity index (χ0v) is 12.2. The SMILES string of the molecule is CCCCN1CCN(CCCCC(C)C)CC1. The molecule has 0 aliphatic carbocycles. The molecule has 0 aromatic heterocycles. The standard InChI is InChI=1S/C15H32N2/c1-4-5-9-16-11-13-17(14-12-16)10-7-6-8-15(2)3/h15H,4-14H2,1-3H3. The third-order valence-corrected chi connectivity index (χ3v) is 3.80. The van der Waals surface area contributed by atoms with E-state index >= 15 is 0 Å². The Morgan fingerprint density at radius 2 is 1.35 bits per heavy atom. The molecule has 0 radical (unpaired) electrons. The number of unbranched alkanes of at least 4 members (excludes halogenated alkanes) is 2. The minimum absolute atomic E-state index is 0.876. The maximum Gasteiger partial charge on any atom is 0.0110 e. The van der Waals surface area contributed by atoms with E-state index < -0.39 is 0 Å². The Morgan fingerprint density at radius 3 is 1.82 bits per heavy atom. The highest BCUT2D eigenvalue weighted by Gasteiger charge is 2.15. The number of rotatable bonds is 8. The van der Waals surface area contributed by atoms with E-state index in [0.717, 1.165) is 5.92 Å². The van der Waals surface area contributed by atoms with E-state index in [9.17, 15) is 0 Å². The highest BCUT2D eigenvalue weighted by Crippen LogP contribution is 2.09. The van der Waals surface area contributed by atoms with E-state index in [1.54, 1.807) is 0 Å². The van der Waals surface area contributed by atoms with Crippen LogP contribution in [0.3, 0.4) is 0 Å². The molecule has 0 unspecified atom stereocenters. The van der Waals surface area contributed by atoms with Gasteiger partial charge in [0.2, 0.25) is 0 Å². The normalized spacial score (nSPS) is 19.1. The monoisotopic (exact) mass is 240 g/mol. The lowest BCUT2D eigenvalue weighted by Crippen LogP contribution is -2.46. The van der Waals surface area contributed by atoms with Crippen LogP contribution in [0, 0.1) is 5.92 Å². The zero-order chi connectivity index (χ0) is 12.5. The Balaban J connectivity index is 1.99. The number of piperazine rings is 1. The fourth-order valence-corrected chi connectivity index (χ4v) is 2.51. The quantitative estimate of drug-likeness (QED) is 0.601. The van der Waals surface area contributed by atoms with Crippen LogP contribution in [0.5, 0.6) is 0 Å². The fourth-order valence-electron chi connectivity index (χ4n) is 2.51. The average Bonchev–Trinajstić information content (AvgIpc) is 2.33. The minimum Gasteiger partial charge on any atom is -0.301 e. The number of hydrogen-bond donors (Lipinski definition) is 0. The van der Waals surface area contributed by atoms with E-state index in [0.29, 0.717) is 0 Å². The molecule has 17 heavy (non-hydrogen) atoms. The lowest BCUT2D eigenvalue weighted by Gasteiger charge is -2.34. The maximum absolute atomic E-state index is 2.66. The lowest BCUT2D eigenvalue weighted by atomic mass is 10.1. The Kier molecular flexibility index (Phi) is 7.87. The summed E-state index contributed by atoms with van der Waals surface area (Å²) in [7, 11) is 0. The molecule has 0 aromatic carbocycles. The van der Waals surface area contributed by atoms with E-state index in [2.05, 4.69) is 30.6 Å². The Labute approximate surface area is 108 Å². The molecule has 102 valence electrons. The van der Waals surface area contributed by atoms with Crippen molar-refractivity contribution in [3.05, 3.63) is 0 Å². The third-order valence-electron chi connectivity index (χ3n) is 3.80. The van der Waals surface area contributed by atoms with Crippen molar-refractivity contribution in [1.82, 2.24) is 9.80 Å². The van der Waals surface area contributed by atoms with Gasteiger partial charge >= 0.3 is 0 Å². The molecule has 0 N–H and O–H groups in total. The summed E-state index contributed by atoms with van der Waals surface area (Å²) in [5.74, 6) is 0.876. The van der Waals surface area contributed by atoms with Crippen molar-refractivity contribution in [2.24, 2.45) is 5.92 Å². The molecular formula is C15H32N2. The molecule has 1 aliphatic rings. The predicted octanol–water partition coefficient (Wildman–Crippen LogP) is 3.23. The van der Waals surface area contributed by atoms with Gasteiger partial charge in [0.05, 0.1) is 0 Å². The van der Waals surface area contributed by atoms with Gasteiger partial charge in [0.25, 0.3) is 0 Å². The van der Waals surface area contributed by atoms with Gasteiger partial charge in [0.15, 0.2) is 0 Å². The van der Waals surface area contributed by atoms with Crippen molar-refractivity contribution in [2.75, 3.05) is 39.3 Å². The van der Waals surface area contributed by atoms with Gasteiger partial charge < -0.3 is 9.80 Å². The van der Waals surface area contributed by atoms with Gasteiger partial charge in [-0.05, 0) is 31.8 Å². The van der Waals surface area contributed by atoms with Gasteiger partial charge in [-0.15, -0.1) is 0 Å². The molecule has 0 bridgehead atoms. The first kappa shape index (κ1) is 15.0. The average molecular weight is 240 g/mol. The van der Waals surface area contributed by atoms with Crippen molar-refractivity contribution < 1.29 is 0 Å². The molecule has 0 amide bonds. The van der Waals surface area contributed by atoms with Gasteiger partial charge in [-0.2, -0.15) is 0 Å². The van der Waals surface area contributed by atoms with Crippen LogP contribution < -0.4 is 0 Å². The fraction of sp³-hybridized carbons (Fsp3) is 1.00. The zero-order valence-electron chi connectivity index (χ0n) is 12.2. The van der Waals surface area contributed by atoms with Crippen molar-refractivity contribution in [3.8, 4) is 0 Å². The van der Waals surface area contributed by atoms with Crippen LogP contribution in [0.1, 0.15) is 52.9 Å². The first-order chi connectivity index (χ1) is 8.22. The largest absolute Gasteiger partial charge is 0.301 e. The minimum atomic E-state index is 0.876. The topological polar surface area (TPSA) is 6.48 Å². The van der Waals surface area contributed by atoms with Gasteiger partial charge in [0.1, 0.15) is 0 Å². The van der Waals surface area contributed by atoms with E-state index in [1.807, 2.05) is 0 Å². The van der Waals surface area contributed by atoms with Crippen molar-refractivity contribution in [2.45, 2.75) is 52.9 Å². The van der Waals surface area contributed by atoms with E-state index in [4.69, 9.17) is 0 Å². The first-order valence-corrected chi connectivity index (χ1v) is 7.67. The van der Waals surface area contributed by atoms with Crippen LogP contribution in [0.15, 0.2) is 0 Å². The van der Waals surface area contributed by atoms with Crippen LogP contribution in [-0.4, -0.2) is 49.1 Å². The number of nitrogens with zero attached hydrogens (tertiary/aromatic N) is 2. The van der Waals surface area contributed by atoms with Crippen LogP contribution >= 0.6 is 0 Å².